The zero-order valence-electron chi connectivity index (χ0n) is 12.5. The van der Waals surface area contributed by atoms with Gasteiger partial charge in [0, 0.05) is 20.0 Å². The van der Waals surface area contributed by atoms with E-state index in [1.807, 2.05) is 13.8 Å². The van der Waals surface area contributed by atoms with Gasteiger partial charge in [-0.1, -0.05) is 26.0 Å². The van der Waals surface area contributed by atoms with Gasteiger partial charge in [-0.15, -0.1) is 0 Å². The molecule has 1 aromatic rings. The Kier molecular flexibility index (Phi) is 6.32. The average molecular weight is 314 g/mol. The molecule has 0 saturated carbocycles. The topological polar surface area (TPSA) is 95.5 Å². The lowest BCUT2D eigenvalue weighted by Crippen LogP contribution is -2.34. The van der Waals surface area contributed by atoms with E-state index in [9.17, 15) is 18.3 Å². The summed E-state index contributed by atoms with van der Waals surface area (Å²) < 4.78 is 26.5. The quantitative estimate of drug-likeness (QED) is 0.687. The first-order valence-electron chi connectivity index (χ1n) is 6.73. The van der Waals surface area contributed by atoms with Gasteiger partial charge < -0.3 is 10.4 Å². The fourth-order valence-electron chi connectivity index (χ4n) is 1.53. The maximum absolute atomic E-state index is 12.0. The summed E-state index contributed by atoms with van der Waals surface area (Å²) in [5.41, 5.74) is 0.811. The number of sulfonamides is 1. The number of nitrogens with one attached hydrogen (secondary N) is 2. The third-order valence-electron chi connectivity index (χ3n) is 3.03. The van der Waals surface area contributed by atoms with Gasteiger partial charge in [-0.25, -0.2) is 13.1 Å². The fraction of sp³-hybridized carbons (Fsp3) is 0.500. The molecule has 0 aliphatic heterocycles. The highest BCUT2D eigenvalue weighted by molar-refractivity contribution is 7.89. The summed E-state index contributed by atoms with van der Waals surface area (Å²) in [7, 11) is -3.63. The summed E-state index contributed by atoms with van der Waals surface area (Å²) in [6.07, 6.45) is -0.723. The summed E-state index contributed by atoms with van der Waals surface area (Å²) in [6, 6.07) is 6.23. The lowest BCUT2D eigenvalue weighted by molar-refractivity contribution is -0.119. The maximum atomic E-state index is 12.0. The SMILES string of the molecule is CC(=O)NCc1ccc(S(=O)(=O)NCC(O)C(C)C)cc1. The number of amides is 1. The van der Waals surface area contributed by atoms with Crippen molar-refractivity contribution < 1.29 is 18.3 Å². The van der Waals surface area contributed by atoms with E-state index in [4.69, 9.17) is 0 Å². The van der Waals surface area contributed by atoms with Gasteiger partial charge in [0.25, 0.3) is 0 Å². The molecule has 0 bridgehead atoms. The minimum absolute atomic E-state index is 0.0202. The molecule has 1 aromatic carbocycles. The van der Waals surface area contributed by atoms with Crippen LogP contribution in [0.2, 0.25) is 0 Å². The number of carbonyl (C=O) groups is 1. The first-order valence-corrected chi connectivity index (χ1v) is 8.22. The smallest absolute Gasteiger partial charge is 0.240 e. The predicted molar refractivity (Wildman–Crippen MR) is 80.0 cm³/mol. The molecule has 0 spiro atoms. The van der Waals surface area contributed by atoms with Crippen molar-refractivity contribution in [3.05, 3.63) is 29.8 Å². The molecule has 1 unspecified atom stereocenters. The van der Waals surface area contributed by atoms with E-state index >= 15 is 0 Å². The Morgan fingerprint density at radius 3 is 2.29 bits per heavy atom. The molecule has 3 N–H and O–H groups in total. The Morgan fingerprint density at radius 2 is 1.81 bits per heavy atom. The van der Waals surface area contributed by atoms with Crippen LogP contribution in [0.4, 0.5) is 0 Å². The van der Waals surface area contributed by atoms with Crippen LogP contribution >= 0.6 is 0 Å². The molecule has 6 nitrogen and oxygen atoms in total. The summed E-state index contributed by atoms with van der Waals surface area (Å²) >= 11 is 0. The van der Waals surface area contributed by atoms with Crippen molar-refractivity contribution >= 4 is 15.9 Å². The molecule has 0 radical (unpaired) electrons. The van der Waals surface area contributed by atoms with Crippen LogP contribution in [0.25, 0.3) is 0 Å². The second-order valence-electron chi connectivity index (χ2n) is 5.22. The number of aliphatic hydroxyl groups excluding tert-OH is 1. The number of benzene rings is 1. The molecule has 1 atom stereocenters. The molecular weight excluding hydrogens is 292 g/mol. The van der Waals surface area contributed by atoms with Crippen molar-refractivity contribution in [2.75, 3.05) is 6.54 Å². The first kappa shape index (κ1) is 17.6. The summed E-state index contributed by atoms with van der Waals surface area (Å²) in [5, 5.41) is 12.3. The predicted octanol–water partition coefficient (Wildman–Crippen LogP) is 0.618. The van der Waals surface area contributed by atoms with E-state index in [2.05, 4.69) is 10.0 Å². The number of rotatable bonds is 7. The summed E-state index contributed by atoms with van der Waals surface area (Å²) in [4.78, 5) is 10.9. The van der Waals surface area contributed by atoms with Gasteiger partial charge in [0.05, 0.1) is 11.0 Å². The van der Waals surface area contributed by atoms with Crippen LogP contribution in [-0.2, 0) is 21.4 Å². The summed E-state index contributed by atoms with van der Waals surface area (Å²) in [5.74, 6) is -0.163. The van der Waals surface area contributed by atoms with E-state index < -0.39 is 16.1 Å². The average Bonchev–Trinajstić information content (AvgIpc) is 2.43. The molecule has 0 fully saturated rings. The van der Waals surface area contributed by atoms with Crippen LogP contribution in [0, 0.1) is 5.92 Å². The molecular formula is C14H22N2O4S. The van der Waals surface area contributed by atoms with Crippen molar-refractivity contribution in [1.82, 2.24) is 10.0 Å². The molecule has 0 saturated heterocycles. The Hall–Kier alpha value is -1.44. The Morgan fingerprint density at radius 1 is 1.24 bits per heavy atom. The molecule has 0 heterocycles. The maximum Gasteiger partial charge on any atom is 0.240 e. The molecule has 7 heteroatoms. The molecule has 1 amide bonds. The van der Waals surface area contributed by atoms with Crippen molar-refractivity contribution in [2.24, 2.45) is 5.92 Å². The molecule has 0 aliphatic carbocycles. The summed E-state index contributed by atoms with van der Waals surface area (Å²) in [6.45, 7) is 5.39. The van der Waals surface area contributed by atoms with Crippen LogP contribution < -0.4 is 10.0 Å². The van der Waals surface area contributed by atoms with Crippen LogP contribution in [0.5, 0.6) is 0 Å². The zero-order chi connectivity index (χ0) is 16.0. The van der Waals surface area contributed by atoms with Crippen molar-refractivity contribution in [2.45, 2.75) is 38.3 Å². The molecule has 0 aliphatic rings. The van der Waals surface area contributed by atoms with Gasteiger partial charge >= 0.3 is 0 Å². The van der Waals surface area contributed by atoms with E-state index in [0.717, 1.165) is 5.56 Å². The van der Waals surface area contributed by atoms with Crippen LogP contribution in [0.1, 0.15) is 26.3 Å². The monoisotopic (exact) mass is 314 g/mol. The van der Waals surface area contributed by atoms with E-state index in [-0.39, 0.29) is 23.3 Å². The minimum atomic E-state index is -3.63. The number of aliphatic hydroxyl groups is 1. The number of carbonyl (C=O) groups excluding carboxylic acids is 1. The van der Waals surface area contributed by atoms with Crippen LogP contribution in [0.3, 0.4) is 0 Å². The normalized spacial score (nSPS) is 13.2. The lowest BCUT2D eigenvalue weighted by Gasteiger charge is -2.15. The third-order valence-corrected chi connectivity index (χ3v) is 4.47. The van der Waals surface area contributed by atoms with Crippen LogP contribution in [0.15, 0.2) is 29.2 Å². The third kappa shape index (κ3) is 5.82. The largest absolute Gasteiger partial charge is 0.391 e. The van der Waals surface area contributed by atoms with E-state index in [1.165, 1.54) is 19.1 Å². The first-order chi connectivity index (χ1) is 9.72. The highest BCUT2D eigenvalue weighted by atomic mass is 32.2. The Bertz CT molecular complexity index is 567. The second-order valence-corrected chi connectivity index (χ2v) is 6.98. The van der Waals surface area contributed by atoms with Gasteiger partial charge in [0.1, 0.15) is 0 Å². The number of hydrogen-bond acceptors (Lipinski definition) is 4. The molecule has 21 heavy (non-hydrogen) atoms. The highest BCUT2D eigenvalue weighted by Gasteiger charge is 2.17. The van der Waals surface area contributed by atoms with Crippen molar-refractivity contribution in [3.63, 3.8) is 0 Å². The second kappa shape index (κ2) is 7.53. The van der Waals surface area contributed by atoms with Gasteiger partial charge in [-0.05, 0) is 23.6 Å². The zero-order valence-corrected chi connectivity index (χ0v) is 13.3. The fourth-order valence-corrected chi connectivity index (χ4v) is 2.58. The highest BCUT2D eigenvalue weighted by Crippen LogP contribution is 2.11. The standard InChI is InChI=1S/C14H22N2O4S/c1-10(2)14(18)9-16-21(19,20)13-6-4-12(5-7-13)8-15-11(3)17/h4-7,10,14,16,18H,8-9H2,1-3H3,(H,15,17). The van der Waals surface area contributed by atoms with Crippen molar-refractivity contribution in [3.8, 4) is 0 Å². The molecule has 0 aromatic heterocycles. The van der Waals surface area contributed by atoms with Crippen LogP contribution in [-0.4, -0.2) is 32.1 Å². The minimum Gasteiger partial charge on any atom is -0.391 e. The van der Waals surface area contributed by atoms with Gasteiger partial charge in [0.2, 0.25) is 15.9 Å². The lowest BCUT2D eigenvalue weighted by atomic mass is 10.1. The van der Waals surface area contributed by atoms with E-state index in [1.54, 1.807) is 12.1 Å². The molecule has 1 rings (SSSR count). The van der Waals surface area contributed by atoms with Gasteiger partial charge in [-0.3, -0.25) is 4.79 Å². The molecule has 118 valence electrons. The van der Waals surface area contributed by atoms with Gasteiger partial charge in [0.15, 0.2) is 0 Å². The Balaban J connectivity index is 2.69. The van der Waals surface area contributed by atoms with Gasteiger partial charge in [-0.2, -0.15) is 0 Å². The van der Waals surface area contributed by atoms with Crippen molar-refractivity contribution in [1.29, 1.82) is 0 Å². The number of hydrogen-bond donors (Lipinski definition) is 3. The van der Waals surface area contributed by atoms with E-state index in [0.29, 0.717) is 6.54 Å². The Labute approximate surface area is 125 Å².